The molecule has 0 heterocycles. The largest absolute Gasteiger partial charge is 0.0622 e. The van der Waals surface area contributed by atoms with Gasteiger partial charge in [0.15, 0.2) is 0 Å². The van der Waals surface area contributed by atoms with Gasteiger partial charge < -0.3 is 0 Å². The molecule has 25 heavy (non-hydrogen) atoms. The van der Waals surface area contributed by atoms with Crippen LogP contribution in [0.15, 0.2) is 121 Å². The molecule has 4 rings (SSSR count). The molecule has 0 amide bonds. The molecular formula is C25H22. The highest BCUT2D eigenvalue weighted by Crippen LogP contribution is 2.17. The van der Waals surface area contributed by atoms with Crippen molar-refractivity contribution in [1.82, 2.24) is 0 Å². The molecule has 4 aromatic rings. The molecule has 0 N–H and O–H groups in total. The Kier molecular flexibility index (Phi) is 6.18. The molecule has 0 heteroatoms. The zero-order valence-corrected chi connectivity index (χ0v) is 14.3. The molecule has 4 aromatic carbocycles. The van der Waals surface area contributed by atoms with Crippen LogP contribution in [0.3, 0.4) is 0 Å². The zero-order chi connectivity index (χ0) is 17.2. The molecule has 0 atom stereocenters. The van der Waals surface area contributed by atoms with Gasteiger partial charge >= 0.3 is 0 Å². The van der Waals surface area contributed by atoms with E-state index in [1.807, 2.05) is 12.1 Å². The molecule has 0 saturated heterocycles. The zero-order valence-electron chi connectivity index (χ0n) is 14.3. The fraction of sp³-hybridized carbons (Fsp3) is 0.0400. The van der Waals surface area contributed by atoms with Gasteiger partial charge in [0.2, 0.25) is 0 Å². The van der Waals surface area contributed by atoms with E-state index in [2.05, 4.69) is 109 Å². The first kappa shape index (κ1) is 16.7. The Bertz CT molecular complexity index is 760. The third-order valence-corrected chi connectivity index (χ3v) is 3.97. The minimum atomic E-state index is 1.03. The summed E-state index contributed by atoms with van der Waals surface area (Å²) in [6.45, 7) is 0. The van der Waals surface area contributed by atoms with E-state index in [9.17, 15) is 0 Å². The van der Waals surface area contributed by atoms with Gasteiger partial charge in [-0.2, -0.15) is 0 Å². The predicted molar refractivity (Wildman–Crippen MR) is 108 cm³/mol. The highest BCUT2D eigenvalue weighted by atomic mass is 14.0. The lowest BCUT2D eigenvalue weighted by Gasteiger charge is -2.00. The number of benzene rings is 4. The molecule has 0 unspecified atom stereocenters. The Morgan fingerprint density at radius 1 is 0.320 bits per heavy atom. The first-order chi connectivity index (χ1) is 12.4. The van der Waals surface area contributed by atoms with Crippen molar-refractivity contribution in [3.8, 4) is 11.1 Å². The molecular weight excluding hydrogens is 300 g/mol. The lowest BCUT2D eigenvalue weighted by Crippen LogP contribution is -1.85. The molecule has 0 fully saturated rings. The van der Waals surface area contributed by atoms with Crippen molar-refractivity contribution in [2.75, 3.05) is 0 Å². The van der Waals surface area contributed by atoms with Crippen LogP contribution in [0.25, 0.3) is 11.1 Å². The first-order valence-corrected chi connectivity index (χ1v) is 8.60. The molecule has 0 aliphatic heterocycles. The Labute approximate surface area is 150 Å². The fourth-order valence-electron chi connectivity index (χ4n) is 2.69. The standard InChI is InChI=1S/C13H12.C12H10/c1-3-7-12(8-4-1)11-13-9-5-2-6-10-13;1-3-7-11(8-4-1)12-9-5-2-6-10-12/h1-10H,11H2;1-10H. The van der Waals surface area contributed by atoms with Crippen LogP contribution in [0.2, 0.25) is 0 Å². The van der Waals surface area contributed by atoms with Crippen molar-refractivity contribution in [3.05, 3.63) is 132 Å². The quantitative estimate of drug-likeness (QED) is 0.397. The van der Waals surface area contributed by atoms with E-state index < -0.39 is 0 Å². The maximum atomic E-state index is 2.16. The summed E-state index contributed by atoms with van der Waals surface area (Å²) >= 11 is 0. The van der Waals surface area contributed by atoms with Crippen LogP contribution in [0.5, 0.6) is 0 Å². The summed E-state index contributed by atoms with van der Waals surface area (Å²) in [6.07, 6.45) is 1.03. The van der Waals surface area contributed by atoms with Crippen LogP contribution in [0.1, 0.15) is 11.1 Å². The van der Waals surface area contributed by atoms with Gasteiger partial charge in [0.25, 0.3) is 0 Å². The Morgan fingerprint density at radius 2 is 0.600 bits per heavy atom. The summed E-state index contributed by atoms with van der Waals surface area (Å²) in [6, 6.07) is 41.8. The van der Waals surface area contributed by atoms with Crippen molar-refractivity contribution < 1.29 is 0 Å². The molecule has 0 bridgehead atoms. The number of hydrogen-bond donors (Lipinski definition) is 0. The summed E-state index contributed by atoms with van der Waals surface area (Å²) < 4.78 is 0. The van der Waals surface area contributed by atoms with E-state index in [0.29, 0.717) is 0 Å². The molecule has 0 aromatic heterocycles. The average molecular weight is 322 g/mol. The second kappa shape index (κ2) is 9.24. The molecule has 0 aliphatic carbocycles. The van der Waals surface area contributed by atoms with E-state index in [1.54, 1.807) is 0 Å². The van der Waals surface area contributed by atoms with Crippen LogP contribution in [0, 0.1) is 0 Å². The van der Waals surface area contributed by atoms with Gasteiger partial charge in [-0.3, -0.25) is 0 Å². The number of hydrogen-bond acceptors (Lipinski definition) is 0. The van der Waals surface area contributed by atoms with E-state index in [1.165, 1.54) is 22.3 Å². The van der Waals surface area contributed by atoms with Crippen LogP contribution in [0.4, 0.5) is 0 Å². The van der Waals surface area contributed by atoms with Gasteiger partial charge in [0, 0.05) is 0 Å². The fourth-order valence-corrected chi connectivity index (χ4v) is 2.69. The van der Waals surface area contributed by atoms with Gasteiger partial charge in [-0.15, -0.1) is 0 Å². The third kappa shape index (κ3) is 5.47. The van der Waals surface area contributed by atoms with Crippen LogP contribution >= 0.6 is 0 Å². The highest BCUT2D eigenvalue weighted by Gasteiger charge is 1.93. The summed E-state index contributed by atoms with van der Waals surface area (Å²) in [5, 5.41) is 0. The molecule has 0 nitrogen and oxygen atoms in total. The summed E-state index contributed by atoms with van der Waals surface area (Å²) in [5.74, 6) is 0. The Balaban J connectivity index is 0.000000146. The summed E-state index contributed by atoms with van der Waals surface area (Å²) in [5.41, 5.74) is 5.29. The van der Waals surface area contributed by atoms with Gasteiger partial charge in [-0.25, -0.2) is 0 Å². The van der Waals surface area contributed by atoms with Crippen LogP contribution in [-0.2, 0) is 6.42 Å². The highest BCUT2D eigenvalue weighted by molar-refractivity contribution is 5.62. The van der Waals surface area contributed by atoms with Gasteiger partial charge in [0.05, 0.1) is 0 Å². The normalized spacial score (nSPS) is 9.76. The average Bonchev–Trinajstić information content (AvgIpc) is 2.71. The Hall–Kier alpha value is -3.12. The first-order valence-electron chi connectivity index (χ1n) is 8.60. The smallest absolute Gasteiger partial charge is 0.00258 e. The van der Waals surface area contributed by atoms with Crippen molar-refractivity contribution in [3.63, 3.8) is 0 Å². The van der Waals surface area contributed by atoms with Crippen molar-refractivity contribution in [1.29, 1.82) is 0 Å². The van der Waals surface area contributed by atoms with E-state index in [0.717, 1.165) is 6.42 Å². The maximum Gasteiger partial charge on any atom is -0.00258 e. The van der Waals surface area contributed by atoms with Gasteiger partial charge in [-0.1, -0.05) is 121 Å². The van der Waals surface area contributed by atoms with Crippen molar-refractivity contribution in [2.24, 2.45) is 0 Å². The lowest BCUT2D eigenvalue weighted by atomic mass is 10.1. The predicted octanol–water partition coefficient (Wildman–Crippen LogP) is 6.63. The summed E-state index contributed by atoms with van der Waals surface area (Å²) in [4.78, 5) is 0. The topological polar surface area (TPSA) is 0 Å². The van der Waals surface area contributed by atoms with Crippen LogP contribution < -0.4 is 0 Å². The lowest BCUT2D eigenvalue weighted by molar-refractivity contribution is 1.19. The second-order valence-corrected chi connectivity index (χ2v) is 5.88. The minimum absolute atomic E-state index is 1.03. The maximum absolute atomic E-state index is 2.16. The van der Waals surface area contributed by atoms with Crippen LogP contribution in [-0.4, -0.2) is 0 Å². The molecule has 122 valence electrons. The molecule has 0 radical (unpaired) electrons. The van der Waals surface area contributed by atoms with E-state index in [-0.39, 0.29) is 0 Å². The minimum Gasteiger partial charge on any atom is -0.0622 e. The van der Waals surface area contributed by atoms with Crippen molar-refractivity contribution in [2.45, 2.75) is 6.42 Å². The van der Waals surface area contributed by atoms with Gasteiger partial charge in [0.1, 0.15) is 0 Å². The van der Waals surface area contributed by atoms with E-state index in [4.69, 9.17) is 0 Å². The van der Waals surface area contributed by atoms with E-state index >= 15 is 0 Å². The molecule has 0 aliphatic rings. The molecule has 0 spiro atoms. The Morgan fingerprint density at radius 3 is 0.920 bits per heavy atom. The third-order valence-electron chi connectivity index (χ3n) is 3.97. The second-order valence-electron chi connectivity index (χ2n) is 5.88. The summed E-state index contributed by atoms with van der Waals surface area (Å²) in [7, 11) is 0. The monoisotopic (exact) mass is 322 g/mol. The van der Waals surface area contributed by atoms with Crippen molar-refractivity contribution >= 4 is 0 Å². The van der Waals surface area contributed by atoms with Gasteiger partial charge in [-0.05, 0) is 28.7 Å². The SMILES string of the molecule is c1ccc(-c2ccccc2)cc1.c1ccc(Cc2ccccc2)cc1. The number of rotatable bonds is 3. The molecule has 0 saturated carbocycles.